The largest absolute Gasteiger partial charge is 0.374 e. The number of nitrogens with one attached hydrogen (secondary N) is 1. The lowest BCUT2D eigenvalue weighted by Crippen LogP contribution is -2.26. The molecule has 0 atom stereocenters. The molecule has 19 heavy (non-hydrogen) atoms. The summed E-state index contributed by atoms with van der Waals surface area (Å²) in [7, 11) is 0. The second kappa shape index (κ2) is 6.68. The Kier molecular flexibility index (Phi) is 4.93. The topological polar surface area (TPSA) is 39.1 Å². The lowest BCUT2D eigenvalue weighted by atomic mass is 10.2. The van der Waals surface area contributed by atoms with Crippen LogP contribution >= 0.6 is 0 Å². The molecule has 1 aromatic heterocycles. The standard InChI is InChI=1S/C15H23N3O/c1-4-18-15-8-6-5-7-13(15)14(17-18)11-19-10-9-16-12(2)3/h5-8,12,16H,4,9-11H2,1-3H3. The van der Waals surface area contributed by atoms with E-state index < -0.39 is 0 Å². The molecule has 0 aliphatic rings. The smallest absolute Gasteiger partial charge is 0.0960 e. The van der Waals surface area contributed by atoms with E-state index in [2.05, 4.69) is 43.3 Å². The van der Waals surface area contributed by atoms with E-state index in [4.69, 9.17) is 4.74 Å². The SMILES string of the molecule is CCn1nc(COCCNC(C)C)c2ccccc21. The minimum absolute atomic E-state index is 0.503. The van der Waals surface area contributed by atoms with Gasteiger partial charge in [0.2, 0.25) is 0 Å². The van der Waals surface area contributed by atoms with Gasteiger partial charge in [0.25, 0.3) is 0 Å². The predicted octanol–water partition coefficient (Wildman–Crippen LogP) is 2.57. The first-order valence-electron chi connectivity index (χ1n) is 6.98. The van der Waals surface area contributed by atoms with Crippen molar-refractivity contribution in [2.45, 2.75) is 40.0 Å². The molecule has 104 valence electrons. The number of benzene rings is 1. The minimum atomic E-state index is 0.503. The number of para-hydroxylation sites is 1. The average Bonchev–Trinajstić information content (AvgIpc) is 2.76. The first-order chi connectivity index (χ1) is 9.22. The molecule has 0 saturated carbocycles. The summed E-state index contributed by atoms with van der Waals surface area (Å²) in [6.07, 6.45) is 0. The van der Waals surface area contributed by atoms with E-state index >= 15 is 0 Å². The van der Waals surface area contributed by atoms with Crippen LogP contribution in [-0.4, -0.2) is 29.0 Å². The minimum Gasteiger partial charge on any atom is -0.374 e. The highest BCUT2D eigenvalue weighted by Crippen LogP contribution is 2.18. The van der Waals surface area contributed by atoms with Gasteiger partial charge in [-0.25, -0.2) is 0 Å². The van der Waals surface area contributed by atoms with Crippen LogP contribution in [0.3, 0.4) is 0 Å². The van der Waals surface area contributed by atoms with Gasteiger partial charge in [-0.05, 0) is 13.0 Å². The summed E-state index contributed by atoms with van der Waals surface area (Å²) in [5.74, 6) is 0. The van der Waals surface area contributed by atoms with Gasteiger partial charge in [0.15, 0.2) is 0 Å². The molecular formula is C15H23N3O. The third-order valence-corrected chi connectivity index (χ3v) is 3.07. The Morgan fingerprint density at radius 2 is 2.11 bits per heavy atom. The third-order valence-electron chi connectivity index (χ3n) is 3.07. The lowest BCUT2D eigenvalue weighted by molar-refractivity contribution is 0.119. The van der Waals surface area contributed by atoms with Gasteiger partial charge in [0.1, 0.15) is 0 Å². The van der Waals surface area contributed by atoms with Crippen LogP contribution in [0.4, 0.5) is 0 Å². The number of fused-ring (bicyclic) bond motifs is 1. The number of aryl methyl sites for hydroxylation is 1. The van der Waals surface area contributed by atoms with Crippen molar-refractivity contribution in [2.24, 2.45) is 0 Å². The molecule has 0 spiro atoms. The molecule has 2 aromatic rings. The number of hydrogen-bond acceptors (Lipinski definition) is 3. The van der Waals surface area contributed by atoms with Crippen molar-refractivity contribution in [2.75, 3.05) is 13.2 Å². The highest BCUT2D eigenvalue weighted by molar-refractivity contribution is 5.81. The van der Waals surface area contributed by atoms with Gasteiger partial charge < -0.3 is 10.1 Å². The van der Waals surface area contributed by atoms with E-state index in [0.717, 1.165) is 18.8 Å². The molecular weight excluding hydrogens is 238 g/mol. The Hall–Kier alpha value is -1.39. The molecule has 0 saturated heterocycles. The van der Waals surface area contributed by atoms with Crippen molar-refractivity contribution in [1.29, 1.82) is 0 Å². The maximum atomic E-state index is 5.70. The van der Waals surface area contributed by atoms with Gasteiger partial charge in [-0.1, -0.05) is 32.0 Å². The Morgan fingerprint density at radius 3 is 2.84 bits per heavy atom. The van der Waals surface area contributed by atoms with E-state index in [0.29, 0.717) is 19.3 Å². The summed E-state index contributed by atoms with van der Waals surface area (Å²) >= 11 is 0. The summed E-state index contributed by atoms with van der Waals surface area (Å²) in [5.41, 5.74) is 2.21. The number of ether oxygens (including phenoxy) is 1. The Labute approximate surface area is 114 Å². The molecule has 1 heterocycles. The average molecular weight is 261 g/mol. The van der Waals surface area contributed by atoms with Gasteiger partial charge in [0.05, 0.1) is 24.4 Å². The Bertz CT molecular complexity index is 519. The predicted molar refractivity (Wildman–Crippen MR) is 78.2 cm³/mol. The maximum absolute atomic E-state index is 5.70. The molecule has 0 bridgehead atoms. The summed E-state index contributed by atoms with van der Waals surface area (Å²) in [6.45, 7) is 9.43. The van der Waals surface area contributed by atoms with Gasteiger partial charge in [-0.2, -0.15) is 5.10 Å². The summed E-state index contributed by atoms with van der Waals surface area (Å²) < 4.78 is 7.73. The number of aromatic nitrogens is 2. The number of nitrogens with zero attached hydrogens (tertiary/aromatic N) is 2. The van der Waals surface area contributed by atoms with Gasteiger partial charge >= 0.3 is 0 Å². The fourth-order valence-corrected chi connectivity index (χ4v) is 2.13. The fraction of sp³-hybridized carbons (Fsp3) is 0.533. The Balaban J connectivity index is 1.97. The van der Waals surface area contributed by atoms with E-state index in [1.807, 2.05) is 16.8 Å². The van der Waals surface area contributed by atoms with E-state index in [1.54, 1.807) is 0 Å². The van der Waals surface area contributed by atoms with Gasteiger partial charge in [0, 0.05) is 24.5 Å². The van der Waals surface area contributed by atoms with Crippen molar-refractivity contribution in [1.82, 2.24) is 15.1 Å². The summed E-state index contributed by atoms with van der Waals surface area (Å²) in [5, 5.41) is 9.14. The Morgan fingerprint density at radius 1 is 1.32 bits per heavy atom. The summed E-state index contributed by atoms with van der Waals surface area (Å²) in [6, 6.07) is 8.82. The van der Waals surface area contributed by atoms with Crippen molar-refractivity contribution >= 4 is 10.9 Å². The van der Waals surface area contributed by atoms with Crippen LogP contribution in [0.5, 0.6) is 0 Å². The van der Waals surface area contributed by atoms with E-state index in [1.165, 1.54) is 10.9 Å². The molecule has 4 heteroatoms. The lowest BCUT2D eigenvalue weighted by Gasteiger charge is -2.07. The van der Waals surface area contributed by atoms with Crippen LogP contribution in [-0.2, 0) is 17.9 Å². The zero-order valence-corrected chi connectivity index (χ0v) is 12.0. The quantitative estimate of drug-likeness (QED) is 0.779. The van der Waals surface area contributed by atoms with Crippen molar-refractivity contribution in [3.05, 3.63) is 30.0 Å². The molecule has 0 radical (unpaired) electrons. The monoisotopic (exact) mass is 261 g/mol. The van der Waals surface area contributed by atoms with Crippen LogP contribution in [0.1, 0.15) is 26.5 Å². The zero-order valence-electron chi connectivity index (χ0n) is 12.0. The van der Waals surface area contributed by atoms with E-state index in [-0.39, 0.29) is 0 Å². The second-order valence-electron chi connectivity index (χ2n) is 4.94. The van der Waals surface area contributed by atoms with Crippen molar-refractivity contribution < 1.29 is 4.74 Å². The molecule has 0 fully saturated rings. The molecule has 0 unspecified atom stereocenters. The van der Waals surface area contributed by atoms with Crippen molar-refractivity contribution in [3.63, 3.8) is 0 Å². The normalized spacial score (nSPS) is 11.6. The third kappa shape index (κ3) is 3.55. The molecule has 1 N–H and O–H groups in total. The van der Waals surface area contributed by atoms with Crippen LogP contribution in [0.25, 0.3) is 10.9 Å². The summed E-state index contributed by atoms with van der Waals surface area (Å²) in [4.78, 5) is 0. The molecule has 0 amide bonds. The van der Waals surface area contributed by atoms with Gasteiger partial charge in [-0.3, -0.25) is 4.68 Å². The van der Waals surface area contributed by atoms with E-state index in [9.17, 15) is 0 Å². The number of rotatable bonds is 7. The molecule has 2 rings (SSSR count). The van der Waals surface area contributed by atoms with Crippen LogP contribution in [0.2, 0.25) is 0 Å². The van der Waals surface area contributed by atoms with Crippen molar-refractivity contribution in [3.8, 4) is 0 Å². The first kappa shape index (κ1) is 14.0. The first-order valence-corrected chi connectivity index (χ1v) is 6.98. The van der Waals surface area contributed by atoms with Crippen LogP contribution < -0.4 is 5.32 Å². The molecule has 0 aliphatic heterocycles. The maximum Gasteiger partial charge on any atom is 0.0960 e. The fourth-order valence-electron chi connectivity index (χ4n) is 2.13. The molecule has 0 aliphatic carbocycles. The van der Waals surface area contributed by atoms with Gasteiger partial charge in [-0.15, -0.1) is 0 Å². The highest BCUT2D eigenvalue weighted by atomic mass is 16.5. The second-order valence-corrected chi connectivity index (χ2v) is 4.94. The molecule has 4 nitrogen and oxygen atoms in total. The molecule has 1 aromatic carbocycles. The number of hydrogen-bond donors (Lipinski definition) is 1. The highest BCUT2D eigenvalue weighted by Gasteiger charge is 2.08. The zero-order chi connectivity index (χ0) is 13.7. The van der Waals surface area contributed by atoms with Crippen LogP contribution in [0, 0.1) is 0 Å². The van der Waals surface area contributed by atoms with Crippen LogP contribution in [0.15, 0.2) is 24.3 Å².